The molecule has 4 nitrogen and oxygen atoms in total. The third-order valence-corrected chi connectivity index (χ3v) is 7.07. The maximum absolute atomic E-state index is 11.9. The fourth-order valence-corrected chi connectivity index (χ4v) is 5.56. The van der Waals surface area contributed by atoms with Gasteiger partial charge in [-0.25, -0.2) is 8.42 Å². The summed E-state index contributed by atoms with van der Waals surface area (Å²) >= 11 is 7.26. The molecule has 0 radical (unpaired) electrons. The Morgan fingerprint density at radius 1 is 1.33 bits per heavy atom. The number of thiophene rings is 1. The molecule has 0 amide bonds. The molecular formula is C17H20N2O2S3. The third-order valence-electron chi connectivity index (χ3n) is 4.12. The van der Waals surface area contributed by atoms with Gasteiger partial charge in [0.05, 0.1) is 18.1 Å². The molecule has 0 aliphatic carbocycles. The van der Waals surface area contributed by atoms with Gasteiger partial charge in [-0.3, -0.25) is 0 Å². The van der Waals surface area contributed by atoms with Crippen LogP contribution in [0.2, 0.25) is 0 Å². The smallest absolute Gasteiger partial charge is 0.174 e. The Kier molecular flexibility index (Phi) is 5.22. The topological polar surface area (TPSA) is 49.4 Å². The van der Waals surface area contributed by atoms with Crippen LogP contribution < -0.4 is 5.32 Å². The lowest BCUT2D eigenvalue weighted by Gasteiger charge is -2.30. The van der Waals surface area contributed by atoms with Gasteiger partial charge < -0.3 is 10.2 Å². The van der Waals surface area contributed by atoms with Crippen molar-refractivity contribution in [2.75, 3.05) is 16.8 Å². The van der Waals surface area contributed by atoms with Crippen molar-refractivity contribution >= 4 is 44.2 Å². The summed E-state index contributed by atoms with van der Waals surface area (Å²) in [5, 5.41) is 5.85. The largest absolute Gasteiger partial charge is 0.340 e. The van der Waals surface area contributed by atoms with E-state index in [0.29, 0.717) is 18.1 Å². The summed E-state index contributed by atoms with van der Waals surface area (Å²) in [4.78, 5) is 3.19. The van der Waals surface area contributed by atoms with Crippen LogP contribution in [0.5, 0.6) is 0 Å². The van der Waals surface area contributed by atoms with Crippen LogP contribution in [0.4, 0.5) is 5.69 Å². The van der Waals surface area contributed by atoms with Crippen molar-refractivity contribution in [1.29, 1.82) is 0 Å². The standard InChI is InChI=1S/C17H20N2O2S3/c1-13-4-6-14(7-5-13)18-17(22)19(11-16-3-2-9-23-16)15-8-10-24(20,21)12-15/h2-7,9,15H,8,10-12H2,1H3,(H,18,22)/t15-/m0/s1. The zero-order chi connectivity index (χ0) is 17.2. The number of nitrogens with one attached hydrogen (secondary N) is 1. The quantitative estimate of drug-likeness (QED) is 0.824. The molecule has 24 heavy (non-hydrogen) atoms. The number of hydrogen-bond donors (Lipinski definition) is 1. The van der Waals surface area contributed by atoms with Gasteiger partial charge in [0.1, 0.15) is 0 Å². The Balaban J connectivity index is 1.78. The van der Waals surface area contributed by atoms with Crippen LogP contribution in [0.25, 0.3) is 0 Å². The molecule has 0 saturated carbocycles. The van der Waals surface area contributed by atoms with E-state index in [9.17, 15) is 8.42 Å². The van der Waals surface area contributed by atoms with Crippen LogP contribution in [0.15, 0.2) is 41.8 Å². The molecule has 2 heterocycles. The molecule has 1 aromatic heterocycles. The molecule has 1 fully saturated rings. The number of aryl methyl sites for hydroxylation is 1. The number of nitrogens with zero attached hydrogens (tertiary/aromatic N) is 1. The van der Waals surface area contributed by atoms with E-state index < -0.39 is 9.84 Å². The van der Waals surface area contributed by atoms with Gasteiger partial charge in [-0.2, -0.15) is 0 Å². The van der Waals surface area contributed by atoms with Crippen molar-refractivity contribution < 1.29 is 8.42 Å². The highest BCUT2D eigenvalue weighted by molar-refractivity contribution is 7.91. The highest BCUT2D eigenvalue weighted by Crippen LogP contribution is 2.23. The van der Waals surface area contributed by atoms with Crippen molar-refractivity contribution in [3.05, 3.63) is 52.2 Å². The summed E-state index contributed by atoms with van der Waals surface area (Å²) in [5.74, 6) is 0.417. The van der Waals surface area contributed by atoms with Crippen LogP contribution in [-0.2, 0) is 16.4 Å². The summed E-state index contributed by atoms with van der Waals surface area (Å²) in [6, 6.07) is 12.0. The first kappa shape index (κ1) is 17.4. The molecule has 1 aliphatic rings. The molecule has 128 valence electrons. The molecule has 0 bridgehead atoms. The Hall–Kier alpha value is -1.44. The normalized spacial score (nSPS) is 19.1. The molecular weight excluding hydrogens is 360 g/mol. The zero-order valence-corrected chi connectivity index (χ0v) is 15.9. The number of rotatable bonds is 4. The van der Waals surface area contributed by atoms with E-state index in [2.05, 4.69) is 11.4 Å². The number of sulfone groups is 1. The first-order chi connectivity index (χ1) is 11.4. The van der Waals surface area contributed by atoms with Gasteiger partial charge in [0.2, 0.25) is 0 Å². The van der Waals surface area contributed by atoms with Crippen LogP contribution in [0.1, 0.15) is 16.9 Å². The number of anilines is 1. The van der Waals surface area contributed by atoms with E-state index in [1.165, 1.54) is 10.4 Å². The highest BCUT2D eigenvalue weighted by atomic mass is 32.2. The molecule has 7 heteroatoms. The van der Waals surface area contributed by atoms with Gasteiger partial charge in [-0.1, -0.05) is 23.8 Å². The van der Waals surface area contributed by atoms with E-state index in [0.717, 1.165) is 5.69 Å². The molecule has 1 aromatic carbocycles. The van der Waals surface area contributed by atoms with Gasteiger partial charge in [0, 0.05) is 16.6 Å². The summed E-state index contributed by atoms with van der Waals surface area (Å²) in [7, 11) is -2.96. The first-order valence-corrected chi connectivity index (χ1v) is 10.9. The van der Waals surface area contributed by atoms with Crippen LogP contribution in [0, 0.1) is 6.92 Å². The van der Waals surface area contributed by atoms with E-state index in [1.807, 2.05) is 47.5 Å². The van der Waals surface area contributed by atoms with E-state index >= 15 is 0 Å². The fraction of sp³-hybridized carbons (Fsp3) is 0.353. The average molecular weight is 381 g/mol. The van der Waals surface area contributed by atoms with Crippen molar-refractivity contribution in [1.82, 2.24) is 4.90 Å². The minimum Gasteiger partial charge on any atom is -0.340 e. The Labute approximate surface area is 152 Å². The van der Waals surface area contributed by atoms with Gasteiger partial charge in [-0.05, 0) is 49.1 Å². The predicted molar refractivity (Wildman–Crippen MR) is 104 cm³/mol. The van der Waals surface area contributed by atoms with Gasteiger partial charge in [0.15, 0.2) is 14.9 Å². The molecule has 3 rings (SSSR count). The predicted octanol–water partition coefficient (Wildman–Crippen LogP) is 3.44. The Morgan fingerprint density at radius 2 is 2.08 bits per heavy atom. The Bertz CT molecular complexity index is 799. The van der Waals surface area contributed by atoms with Crippen molar-refractivity contribution in [2.45, 2.75) is 25.9 Å². The number of thiocarbonyl (C=S) groups is 1. The maximum atomic E-state index is 11.9. The second kappa shape index (κ2) is 7.21. The number of benzene rings is 1. The van der Waals surface area contributed by atoms with Gasteiger partial charge in [-0.15, -0.1) is 11.3 Å². The van der Waals surface area contributed by atoms with E-state index in [1.54, 1.807) is 11.3 Å². The fourth-order valence-electron chi connectivity index (χ4n) is 2.79. The Morgan fingerprint density at radius 3 is 2.67 bits per heavy atom. The lowest BCUT2D eigenvalue weighted by molar-refractivity contribution is 0.335. The summed E-state index contributed by atoms with van der Waals surface area (Å²) in [6.07, 6.45) is 0.628. The maximum Gasteiger partial charge on any atom is 0.174 e. The molecule has 1 atom stereocenters. The van der Waals surface area contributed by atoms with Crippen LogP contribution in [0.3, 0.4) is 0 Å². The molecule has 0 spiro atoms. The minimum absolute atomic E-state index is 0.0671. The van der Waals surface area contributed by atoms with Crippen molar-refractivity contribution in [3.8, 4) is 0 Å². The third kappa shape index (κ3) is 4.34. The van der Waals surface area contributed by atoms with Gasteiger partial charge in [0.25, 0.3) is 0 Å². The molecule has 1 aliphatic heterocycles. The molecule has 1 saturated heterocycles. The van der Waals surface area contributed by atoms with Crippen LogP contribution in [-0.4, -0.2) is 36.0 Å². The second-order valence-electron chi connectivity index (χ2n) is 6.06. The highest BCUT2D eigenvalue weighted by Gasteiger charge is 2.33. The summed E-state index contributed by atoms with van der Waals surface area (Å²) in [6.45, 7) is 2.67. The van der Waals surface area contributed by atoms with Crippen LogP contribution >= 0.6 is 23.6 Å². The SMILES string of the molecule is Cc1ccc(NC(=S)N(Cc2cccs2)[C@H]2CCS(=O)(=O)C2)cc1. The molecule has 0 unspecified atom stereocenters. The first-order valence-electron chi connectivity index (χ1n) is 7.80. The van der Waals surface area contributed by atoms with Crippen molar-refractivity contribution in [3.63, 3.8) is 0 Å². The van der Waals surface area contributed by atoms with Gasteiger partial charge >= 0.3 is 0 Å². The lowest BCUT2D eigenvalue weighted by atomic mass is 10.2. The number of hydrogen-bond acceptors (Lipinski definition) is 4. The zero-order valence-electron chi connectivity index (χ0n) is 13.4. The summed E-state index contributed by atoms with van der Waals surface area (Å²) < 4.78 is 23.8. The minimum atomic E-state index is -2.96. The molecule has 1 N–H and O–H groups in total. The average Bonchev–Trinajstić information content (AvgIpc) is 3.16. The molecule has 2 aromatic rings. The van der Waals surface area contributed by atoms with E-state index in [4.69, 9.17) is 12.2 Å². The summed E-state index contributed by atoms with van der Waals surface area (Å²) in [5.41, 5.74) is 2.10. The van der Waals surface area contributed by atoms with Crippen molar-refractivity contribution in [2.24, 2.45) is 0 Å². The lowest BCUT2D eigenvalue weighted by Crippen LogP contribution is -2.42. The van der Waals surface area contributed by atoms with E-state index in [-0.39, 0.29) is 17.5 Å². The second-order valence-corrected chi connectivity index (χ2v) is 9.71. The monoisotopic (exact) mass is 380 g/mol.